The van der Waals surface area contributed by atoms with Crippen LogP contribution in [0.2, 0.25) is 0 Å². The minimum atomic E-state index is -0.897. The van der Waals surface area contributed by atoms with E-state index in [0.29, 0.717) is 17.5 Å². The maximum absolute atomic E-state index is 11.1. The molecule has 0 aliphatic heterocycles. The van der Waals surface area contributed by atoms with Crippen LogP contribution >= 0.6 is 11.8 Å². The largest absolute Gasteiger partial charge is 0.478 e. The zero-order valence-corrected chi connectivity index (χ0v) is 12.5. The van der Waals surface area contributed by atoms with Crippen LogP contribution in [0.5, 0.6) is 0 Å². The number of carboxylic acids is 1. The van der Waals surface area contributed by atoms with Crippen molar-refractivity contribution in [1.29, 1.82) is 0 Å². The van der Waals surface area contributed by atoms with Gasteiger partial charge in [-0.15, -0.1) is 0 Å². The fourth-order valence-corrected chi connectivity index (χ4v) is 3.29. The average Bonchev–Trinajstić information content (AvgIpc) is 3.18. The molecular weight excluding hydrogens is 272 g/mol. The Morgan fingerprint density at radius 3 is 2.90 bits per heavy atom. The van der Waals surface area contributed by atoms with E-state index in [1.54, 1.807) is 12.1 Å². The molecule has 1 aliphatic carbocycles. The van der Waals surface area contributed by atoms with Gasteiger partial charge in [0, 0.05) is 17.7 Å². The second-order valence-electron chi connectivity index (χ2n) is 5.43. The summed E-state index contributed by atoms with van der Waals surface area (Å²) in [5.41, 5.74) is 2.17. The number of imidazole rings is 1. The maximum Gasteiger partial charge on any atom is 0.335 e. The van der Waals surface area contributed by atoms with Crippen molar-refractivity contribution in [3.8, 4) is 0 Å². The zero-order valence-electron chi connectivity index (χ0n) is 11.7. The molecule has 1 N–H and O–H groups in total. The summed E-state index contributed by atoms with van der Waals surface area (Å²) < 4.78 is 2.30. The summed E-state index contributed by atoms with van der Waals surface area (Å²) in [4.78, 5) is 15.8. The first kappa shape index (κ1) is 13.5. The lowest BCUT2D eigenvalue weighted by Crippen LogP contribution is -2.11. The van der Waals surface area contributed by atoms with Crippen LogP contribution in [0, 0.1) is 0 Å². The van der Waals surface area contributed by atoms with Gasteiger partial charge in [-0.05, 0) is 44.2 Å². The highest BCUT2D eigenvalue weighted by Gasteiger charge is 2.31. The third kappa shape index (κ3) is 2.30. The Hall–Kier alpha value is -1.49. The quantitative estimate of drug-likeness (QED) is 0.915. The molecule has 106 valence electrons. The summed E-state index contributed by atoms with van der Waals surface area (Å²) in [5.74, 6) is 1.82. The summed E-state index contributed by atoms with van der Waals surface area (Å²) >= 11 is 1.82. The SMILES string of the molecule is CSCC(C)n1c(C2CC2)nc2cc(C(=O)O)ccc21. The van der Waals surface area contributed by atoms with Crippen molar-refractivity contribution in [2.24, 2.45) is 0 Å². The van der Waals surface area contributed by atoms with Crippen LogP contribution in [-0.2, 0) is 0 Å². The van der Waals surface area contributed by atoms with E-state index in [9.17, 15) is 4.79 Å². The molecule has 0 radical (unpaired) electrons. The average molecular weight is 290 g/mol. The smallest absolute Gasteiger partial charge is 0.335 e. The lowest BCUT2D eigenvalue weighted by molar-refractivity contribution is 0.0697. The van der Waals surface area contributed by atoms with Crippen LogP contribution in [0.3, 0.4) is 0 Å². The van der Waals surface area contributed by atoms with E-state index in [4.69, 9.17) is 10.1 Å². The molecule has 0 bridgehead atoms. The second-order valence-corrected chi connectivity index (χ2v) is 6.34. The van der Waals surface area contributed by atoms with Gasteiger partial charge < -0.3 is 9.67 Å². The molecule has 5 heteroatoms. The molecule has 3 rings (SSSR count). The minimum absolute atomic E-state index is 0.307. The first-order valence-corrected chi connectivity index (χ1v) is 8.25. The molecule has 1 atom stereocenters. The van der Waals surface area contributed by atoms with Gasteiger partial charge in [-0.25, -0.2) is 9.78 Å². The molecule has 1 heterocycles. The molecule has 1 aromatic carbocycles. The first-order chi connectivity index (χ1) is 9.61. The lowest BCUT2D eigenvalue weighted by atomic mass is 10.2. The molecule has 1 unspecified atom stereocenters. The van der Waals surface area contributed by atoms with Gasteiger partial charge in [0.2, 0.25) is 0 Å². The highest BCUT2D eigenvalue weighted by molar-refractivity contribution is 7.98. The summed E-state index contributed by atoms with van der Waals surface area (Å²) in [6.45, 7) is 2.20. The number of fused-ring (bicyclic) bond motifs is 1. The minimum Gasteiger partial charge on any atom is -0.478 e. The standard InChI is InChI=1S/C15H18N2O2S/c1-9(8-20-2)17-13-6-5-11(15(18)19)7-12(13)16-14(17)10-3-4-10/h5-7,9-10H,3-4,8H2,1-2H3,(H,18,19). The molecule has 1 fully saturated rings. The van der Waals surface area contributed by atoms with Crippen LogP contribution in [0.15, 0.2) is 18.2 Å². The molecular formula is C15H18N2O2S. The third-order valence-electron chi connectivity index (χ3n) is 3.75. The zero-order chi connectivity index (χ0) is 14.3. The number of carbonyl (C=O) groups is 1. The summed E-state index contributed by atoms with van der Waals surface area (Å²) in [6, 6.07) is 5.63. The number of thioether (sulfide) groups is 1. The van der Waals surface area contributed by atoms with Crippen LogP contribution in [-0.4, -0.2) is 32.6 Å². The van der Waals surface area contributed by atoms with Gasteiger partial charge in [0.1, 0.15) is 5.82 Å². The predicted octanol–water partition coefficient (Wildman–Crippen LogP) is 3.54. The fourth-order valence-electron chi connectivity index (χ4n) is 2.66. The van der Waals surface area contributed by atoms with Gasteiger partial charge in [-0.3, -0.25) is 0 Å². The van der Waals surface area contributed by atoms with Gasteiger partial charge in [0.25, 0.3) is 0 Å². The normalized spacial score (nSPS) is 16.5. The van der Waals surface area contributed by atoms with Gasteiger partial charge in [0.15, 0.2) is 0 Å². The molecule has 0 amide bonds. The molecule has 20 heavy (non-hydrogen) atoms. The number of nitrogens with zero attached hydrogens (tertiary/aromatic N) is 2. The molecule has 1 aromatic heterocycles. The third-order valence-corrected chi connectivity index (χ3v) is 4.57. The number of carboxylic acid groups (broad SMARTS) is 1. The molecule has 1 saturated carbocycles. The van der Waals surface area contributed by atoms with E-state index in [-0.39, 0.29) is 0 Å². The number of hydrogen-bond acceptors (Lipinski definition) is 3. The van der Waals surface area contributed by atoms with Crippen molar-refractivity contribution in [1.82, 2.24) is 9.55 Å². The predicted molar refractivity (Wildman–Crippen MR) is 81.8 cm³/mol. The molecule has 2 aromatic rings. The Morgan fingerprint density at radius 1 is 1.55 bits per heavy atom. The van der Waals surface area contributed by atoms with Crippen molar-refractivity contribution in [3.63, 3.8) is 0 Å². The Bertz CT molecular complexity index is 661. The van der Waals surface area contributed by atoms with Crippen LogP contribution < -0.4 is 0 Å². The number of benzene rings is 1. The van der Waals surface area contributed by atoms with Crippen molar-refractivity contribution < 1.29 is 9.90 Å². The lowest BCUT2D eigenvalue weighted by Gasteiger charge is -2.16. The highest BCUT2D eigenvalue weighted by Crippen LogP contribution is 2.42. The molecule has 0 spiro atoms. The van der Waals surface area contributed by atoms with Crippen molar-refractivity contribution in [3.05, 3.63) is 29.6 Å². The van der Waals surface area contributed by atoms with Crippen molar-refractivity contribution in [2.75, 3.05) is 12.0 Å². The summed E-state index contributed by atoms with van der Waals surface area (Å²) in [6.07, 6.45) is 4.50. The number of aromatic nitrogens is 2. The Labute approximate surface area is 122 Å². The van der Waals surface area contributed by atoms with Crippen molar-refractivity contribution in [2.45, 2.75) is 31.7 Å². The summed E-state index contributed by atoms with van der Waals surface area (Å²) in [7, 11) is 0. The number of rotatable bonds is 5. The Balaban J connectivity index is 2.14. The van der Waals surface area contributed by atoms with Crippen molar-refractivity contribution >= 4 is 28.8 Å². The first-order valence-electron chi connectivity index (χ1n) is 6.86. The van der Waals surface area contributed by atoms with E-state index in [1.807, 2.05) is 17.8 Å². The Kier molecular flexibility index (Phi) is 3.46. The van der Waals surface area contributed by atoms with Gasteiger partial charge >= 0.3 is 5.97 Å². The van der Waals surface area contributed by atoms with Crippen LogP contribution in [0.25, 0.3) is 11.0 Å². The second kappa shape index (κ2) is 5.13. The van der Waals surface area contributed by atoms with Gasteiger partial charge in [0.05, 0.1) is 16.6 Å². The molecule has 0 saturated heterocycles. The highest BCUT2D eigenvalue weighted by atomic mass is 32.2. The molecule has 1 aliphatic rings. The summed E-state index contributed by atoms with van der Waals surface area (Å²) in [5, 5.41) is 9.10. The van der Waals surface area contributed by atoms with Gasteiger partial charge in [-0.2, -0.15) is 11.8 Å². The number of aromatic carboxylic acids is 1. The van der Waals surface area contributed by atoms with E-state index >= 15 is 0 Å². The van der Waals surface area contributed by atoms with E-state index < -0.39 is 5.97 Å². The fraction of sp³-hybridized carbons (Fsp3) is 0.467. The molecule has 4 nitrogen and oxygen atoms in total. The van der Waals surface area contributed by atoms with Crippen LogP contribution in [0.4, 0.5) is 0 Å². The Morgan fingerprint density at radius 2 is 2.30 bits per heavy atom. The number of hydrogen-bond donors (Lipinski definition) is 1. The van der Waals surface area contributed by atoms with E-state index in [1.165, 1.54) is 12.8 Å². The van der Waals surface area contributed by atoms with Crippen LogP contribution in [0.1, 0.15) is 47.9 Å². The van der Waals surface area contributed by atoms with E-state index in [2.05, 4.69) is 17.7 Å². The van der Waals surface area contributed by atoms with Gasteiger partial charge in [-0.1, -0.05) is 0 Å². The maximum atomic E-state index is 11.1. The topological polar surface area (TPSA) is 55.1 Å². The monoisotopic (exact) mass is 290 g/mol. The van der Waals surface area contributed by atoms with E-state index in [0.717, 1.165) is 22.6 Å².